The lowest BCUT2D eigenvalue weighted by Crippen LogP contribution is -2.45. The topological polar surface area (TPSA) is 58.5 Å². The molecule has 1 aromatic carbocycles. The van der Waals surface area contributed by atoms with Gasteiger partial charge in [0.25, 0.3) is 0 Å². The van der Waals surface area contributed by atoms with E-state index in [1.165, 1.54) is 5.69 Å². The van der Waals surface area contributed by atoms with E-state index in [1.54, 1.807) is 0 Å². The van der Waals surface area contributed by atoms with Gasteiger partial charge in [0, 0.05) is 37.6 Å². The number of piperazine rings is 1. The Labute approximate surface area is 109 Å². The molecule has 0 spiro atoms. The van der Waals surface area contributed by atoms with Gasteiger partial charge < -0.3 is 21.3 Å². The molecule has 1 saturated heterocycles. The first-order valence-corrected chi connectivity index (χ1v) is 6.30. The van der Waals surface area contributed by atoms with Gasteiger partial charge in [-0.05, 0) is 31.5 Å². The van der Waals surface area contributed by atoms with Crippen LogP contribution in [0.5, 0.6) is 0 Å². The van der Waals surface area contributed by atoms with Gasteiger partial charge in [0.05, 0.1) is 11.4 Å². The summed E-state index contributed by atoms with van der Waals surface area (Å²) >= 11 is 0. The predicted octanol–water partition coefficient (Wildman–Crippen LogP) is 1.82. The maximum Gasteiger partial charge on any atom is 0.0579 e. The van der Waals surface area contributed by atoms with Gasteiger partial charge in [-0.25, -0.2) is 0 Å². The smallest absolute Gasteiger partial charge is 0.0579 e. The van der Waals surface area contributed by atoms with Crippen molar-refractivity contribution in [3.63, 3.8) is 0 Å². The monoisotopic (exact) mass is 246 g/mol. The van der Waals surface area contributed by atoms with Crippen molar-refractivity contribution >= 4 is 17.1 Å². The van der Waals surface area contributed by atoms with E-state index >= 15 is 0 Å². The number of benzene rings is 1. The number of nitrogen functional groups attached to an aromatic ring is 2. The highest BCUT2D eigenvalue weighted by atomic mass is 15.3. The Hall–Kier alpha value is -1.84. The highest BCUT2D eigenvalue weighted by Gasteiger charge is 2.17. The van der Waals surface area contributed by atoms with Crippen molar-refractivity contribution < 1.29 is 0 Å². The molecule has 0 saturated carbocycles. The SMILES string of the molecule is C=C(C)N1CCN(c2cc(C)c(N)c(N)c2)CC1. The molecule has 0 bridgehead atoms. The Morgan fingerprint density at radius 1 is 1.17 bits per heavy atom. The average Bonchev–Trinajstić information content (AvgIpc) is 2.35. The molecule has 1 aromatic rings. The second-order valence-electron chi connectivity index (χ2n) is 4.97. The predicted molar refractivity (Wildman–Crippen MR) is 78.6 cm³/mol. The molecule has 18 heavy (non-hydrogen) atoms. The highest BCUT2D eigenvalue weighted by Crippen LogP contribution is 2.28. The van der Waals surface area contributed by atoms with Crippen LogP contribution in [0.25, 0.3) is 0 Å². The molecular weight excluding hydrogens is 224 g/mol. The summed E-state index contributed by atoms with van der Waals surface area (Å²) in [4.78, 5) is 4.66. The van der Waals surface area contributed by atoms with E-state index in [0.717, 1.165) is 37.4 Å². The minimum Gasteiger partial charge on any atom is -0.397 e. The zero-order chi connectivity index (χ0) is 13.3. The van der Waals surface area contributed by atoms with Gasteiger partial charge in [0.2, 0.25) is 0 Å². The lowest BCUT2D eigenvalue weighted by Gasteiger charge is -2.37. The van der Waals surface area contributed by atoms with Crippen LogP contribution in [0, 0.1) is 6.92 Å². The Kier molecular flexibility index (Phi) is 3.36. The van der Waals surface area contributed by atoms with Gasteiger partial charge in [-0.2, -0.15) is 0 Å². The molecule has 1 fully saturated rings. The molecule has 4 nitrogen and oxygen atoms in total. The third kappa shape index (κ3) is 2.37. The number of hydrogen-bond acceptors (Lipinski definition) is 4. The molecule has 98 valence electrons. The summed E-state index contributed by atoms with van der Waals surface area (Å²) in [6.07, 6.45) is 0. The van der Waals surface area contributed by atoms with Crippen LogP contribution >= 0.6 is 0 Å². The first-order valence-electron chi connectivity index (χ1n) is 6.30. The molecule has 2 rings (SSSR count). The third-order valence-electron chi connectivity index (χ3n) is 3.59. The van der Waals surface area contributed by atoms with Crippen molar-refractivity contribution in [2.24, 2.45) is 0 Å². The number of hydrogen-bond donors (Lipinski definition) is 2. The van der Waals surface area contributed by atoms with Gasteiger partial charge in [0.15, 0.2) is 0 Å². The van der Waals surface area contributed by atoms with E-state index in [9.17, 15) is 0 Å². The summed E-state index contributed by atoms with van der Waals surface area (Å²) in [5, 5.41) is 0. The van der Waals surface area contributed by atoms with Crippen LogP contribution in [-0.4, -0.2) is 31.1 Å². The number of nitrogens with two attached hydrogens (primary N) is 2. The normalized spacial score (nSPS) is 15.9. The van der Waals surface area contributed by atoms with Crippen LogP contribution in [0.15, 0.2) is 24.4 Å². The molecule has 0 radical (unpaired) electrons. The fourth-order valence-corrected chi connectivity index (χ4v) is 2.33. The average molecular weight is 246 g/mol. The molecule has 0 aliphatic carbocycles. The number of rotatable bonds is 2. The van der Waals surface area contributed by atoms with Gasteiger partial charge in [-0.15, -0.1) is 0 Å². The Morgan fingerprint density at radius 2 is 1.78 bits per heavy atom. The zero-order valence-electron chi connectivity index (χ0n) is 11.2. The Morgan fingerprint density at radius 3 is 2.28 bits per heavy atom. The molecule has 4 N–H and O–H groups in total. The molecule has 0 amide bonds. The number of nitrogens with zero attached hydrogens (tertiary/aromatic N) is 2. The van der Waals surface area contributed by atoms with E-state index in [4.69, 9.17) is 11.5 Å². The number of anilines is 3. The standard InChI is InChI=1S/C14H22N4/c1-10(2)17-4-6-18(7-5-17)12-8-11(3)14(16)13(15)9-12/h8-9H,1,4-7,15-16H2,2-3H3. The Balaban J connectivity index is 2.12. The van der Waals surface area contributed by atoms with Gasteiger partial charge in [-0.3, -0.25) is 0 Å². The van der Waals surface area contributed by atoms with Crippen molar-refractivity contribution in [2.45, 2.75) is 13.8 Å². The summed E-state index contributed by atoms with van der Waals surface area (Å²) in [6, 6.07) is 4.08. The maximum atomic E-state index is 5.93. The van der Waals surface area contributed by atoms with Crippen LogP contribution in [0.3, 0.4) is 0 Å². The fraction of sp³-hybridized carbons (Fsp3) is 0.429. The van der Waals surface area contributed by atoms with Crippen molar-refractivity contribution in [3.05, 3.63) is 30.0 Å². The quantitative estimate of drug-likeness (QED) is 0.781. The summed E-state index contributed by atoms with van der Waals surface area (Å²) in [5.41, 5.74) is 16.5. The van der Waals surface area contributed by atoms with Crippen LogP contribution < -0.4 is 16.4 Å². The van der Waals surface area contributed by atoms with Gasteiger partial charge >= 0.3 is 0 Å². The van der Waals surface area contributed by atoms with E-state index in [1.807, 2.05) is 13.0 Å². The minimum absolute atomic E-state index is 0.673. The molecule has 0 aromatic heterocycles. The minimum atomic E-state index is 0.673. The van der Waals surface area contributed by atoms with Crippen LogP contribution in [0.2, 0.25) is 0 Å². The highest BCUT2D eigenvalue weighted by molar-refractivity contribution is 5.73. The van der Waals surface area contributed by atoms with Crippen LogP contribution in [0.4, 0.5) is 17.1 Å². The van der Waals surface area contributed by atoms with Crippen LogP contribution in [0.1, 0.15) is 12.5 Å². The van der Waals surface area contributed by atoms with E-state index in [-0.39, 0.29) is 0 Å². The van der Waals surface area contributed by atoms with Crippen molar-refractivity contribution in [1.29, 1.82) is 0 Å². The van der Waals surface area contributed by atoms with Gasteiger partial charge in [0.1, 0.15) is 0 Å². The van der Waals surface area contributed by atoms with E-state index < -0.39 is 0 Å². The van der Waals surface area contributed by atoms with Gasteiger partial charge in [-0.1, -0.05) is 6.58 Å². The lowest BCUT2D eigenvalue weighted by molar-refractivity contribution is 0.323. The number of allylic oxidation sites excluding steroid dienone is 1. The Bertz CT molecular complexity index is 436. The zero-order valence-corrected chi connectivity index (χ0v) is 11.2. The molecule has 4 heteroatoms. The maximum absolute atomic E-state index is 5.93. The molecule has 0 atom stereocenters. The molecule has 1 aliphatic heterocycles. The van der Waals surface area contributed by atoms with E-state index in [2.05, 4.69) is 29.4 Å². The van der Waals surface area contributed by atoms with E-state index in [0.29, 0.717) is 11.4 Å². The molecule has 1 aliphatic rings. The summed E-state index contributed by atoms with van der Waals surface area (Å²) in [7, 11) is 0. The summed E-state index contributed by atoms with van der Waals surface area (Å²) < 4.78 is 0. The third-order valence-corrected chi connectivity index (χ3v) is 3.59. The van der Waals surface area contributed by atoms with Crippen molar-refractivity contribution in [3.8, 4) is 0 Å². The second-order valence-corrected chi connectivity index (χ2v) is 4.97. The molecule has 0 unspecified atom stereocenters. The first kappa shape index (κ1) is 12.6. The fourth-order valence-electron chi connectivity index (χ4n) is 2.33. The van der Waals surface area contributed by atoms with Crippen LogP contribution in [-0.2, 0) is 0 Å². The summed E-state index contributed by atoms with van der Waals surface area (Å²) in [5.74, 6) is 0. The first-order chi connectivity index (χ1) is 8.49. The number of aryl methyl sites for hydroxylation is 1. The largest absolute Gasteiger partial charge is 0.397 e. The molecular formula is C14H22N4. The van der Waals surface area contributed by atoms with Crippen molar-refractivity contribution in [1.82, 2.24) is 4.90 Å². The van der Waals surface area contributed by atoms with Crippen molar-refractivity contribution in [2.75, 3.05) is 42.5 Å². The second kappa shape index (κ2) is 4.80. The summed E-state index contributed by atoms with van der Waals surface area (Å²) in [6.45, 7) is 12.1. The lowest BCUT2D eigenvalue weighted by atomic mass is 10.1. The molecule has 1 heterocycles.